The lowest BCUT2D eigenvalue weighted by molar-refractivity contribution is -0.384. The molecule has 0 aliphatic rings. The lowest BCUT2D eigenvalue weighted by Crippen LogP contribution is -2.38. The quantitative estimate of drug-likeness (QED) is 0.445. The minimum Gasteiger partial charge on any atom is -0.299 e. The molecule has 0 unspecified atom stereocenters. The highest BCUT2D eigenvalue weighted by Gasteiger charge is 2.27. The number of anilines is 1. The van der Waals surface area contributed by atoms with E-state index in [1.54, 1.807) is 13.0 Å². The number of nitro groups is 1. The van der Waals surface area contributed by atoms with E-state index in [4.69, 9.17) is 0 Å². The van der Waals surface area contributed by atoms with Gasteiger partial charge in [-0.05, 0) is 18.1 Å². The van der Waals surface area contributed by atoms with Gasteiger partial charge in [0.25, 0.3) is 11.6 Å². The Hall–Kier alpha value is -3.02. The van der Waals surface area contributed by atoms with E-state index < -0.39 is 16.6 Å². The van der Waals surface area contributed by atoms with Gasteiger partial charge in [0.1, 0.15) is 5.69 Å². The molecule has 124 valence electrons. The molecule has 2 rings (SSSR count). The lowest BCUT2D eigenvalue weighted by atomic mass is 10.1. The maximum atomic E-state index is 12.4. The minimum absolute atomic E-state index is 0.0568. The number of nitrogens with zero attached hydrogens (tertiary/aromatic N) is 2. The fourth-order valence-corrected chi connectivity index (χ4v) is 2.37. The minimum atomic E-state index is -0.720. The SMILES string of the molecule is CCC(=O)C(=O)N(CCc1ccccc1)c1ccccc1[N+](=O)[O-]. The van der Waals surface area contributed by atoms with Gasteiger partial charge in [-0.25, -0.2) is 0 Å². The van der Waals surface area contributed by atoms with Gasteiger partial charge in [0.2, 0.25) is 5.78 Å². The maximum absolute atomic E-state index is 12.4. The number of amides is 1. The van der Waals surface area contributed by atoms with Crippen LogP contribution in [0.1, 0.15) is 18.9 Å². The zero-order valence-corrected chi connectivity index (χ0v) is 13.3. The van der Waals surface area contributed by atoms with Gasteiger partial charge in [-0.15, -0.1) is 0 Å². The van der Waals surface area contributed by atoms with Crippen molar-refractivity contribution in [3.63, 3.8) is 0 Å². The summed E-state index contributed by atoms with van der Waals surface area (Å²) in [5, 5.41) is 11.2. The predicted molar refractivity (Wildman–Crippen MR) is 90.9 cm³/mol. The Bertz CT molecular complexity index is 744. The van der Waals surface area contributed by atoms with Gasteiger partial charge in [-0.1, -0.05) is 49.4 Å². The van der Waals surface area contributed by atoms with Gasteiger partial charge in [-0.3, -0.25) is 24.6 Å². The third-order valence-corrected chi connectivity index (χ3v) is 3.64. The van der Waals surface area contributed by atoms with Crippen LogP contribution in [-0.4, -0.2) is 23.2 Å². The Labute approximate surface area is 139 Å². The van der Waals surface area contributed by atoms with Crippen molar-refractivity contribution < 1.29 is 14.5 Å². The molecule has 0 aliphatic heterocycles. The van der Waals surface area contributed by atoms with Crippen molar-refractivity contribution in [2.24, 2.45) is 0 Å². The van der Waals surface area contributed by atoms with Crippen LogP contribution in [0, 0.1) is 10.1 Å². The van der Waals surface area contributed by atoms with Gasteiger partial charge >= 0.3 is 0 Å². The largest absolute Gasteiger partial charge is 0.299 e. The molecule has 0 fully saturated rings. The molecule has 6 heteroatoms. The van der Waals surface area contributed by atoms with Crippen LogP contribution in [0.3, 0.4) is 0 Å². The van der Waals surface area contributed by atoms with Crippen molar-refractivity contribution in [2.75, 3.05) is 11.4 Å². The third kappa shape index (κ3) is 4.04. The summed E-state index contributed by atoms with van der Waals surface area (Å²) in [4.78, 5) is 36.2. The predicted octanol–water partition coefficient (Wildman–Crippen LogP) is 3.15. The molecule has 2 aromatic rings. The molecule has 1 amide bonds. The van der Waals surface area contributed by atoms with E-state index in [1.807, 2.05) is 30.3 Å². The fraction of sp³-hybridized carbons (Fsp3) is 0.222. The maximum Gasteiger partial charge on any atom is 0.294 e. The van der Waals surface area contributed by atoms with Crippen molar-refractivity contribution in [2.45, 2.75) is 19.8 Å². The molecule has 0 bridgehead atoms. The molecule has 0 N–H and O–H groups in total. The molecule has 6 nitrogen and oxygen atoms in total. The first-order chi connectivity index (χ1) is 11.5. The van der Waals surface area contributed by atoms with Crippen LogP contribution in [0.15, 0.2) is 54.6 Å². The summed E-state index contributed by atoms with van der Waals surface area (Å²) in [7, 11) is 0. The molecule has 0 atom stereocenters. The molecular formula is C18H18N2O4. The van der Waals surface area contributed by atoms with E-state index in [9.17, 15) is 19.7 Å². The molecule has 0 spiro atoms. The second kappa shape index (κ2) is 8.01. The summed E-state index contributed by atoms with van der Waals surface area (Å²) in [6.07, 6.45) is 0.553. The van der Waals surface area contributed by atoms with E-state index in [0.717, 1.165) is 5.56 Å². The first kappa shape index (κ1) is 17.3. The fourth-order valence-electron chi connectivity index (χ4n) is 2.37. The Morgan fingerprint density at radius 2 is 1.67 bits per heavy atom. The molecule has 0 radical (unpaired) electrons. The number of rotatable bonds is 7. The number of hydrogen-bond acceptors (Lipinski definition) is 4. The third-order valence-electron chi connectivity index (χ3n) is 3.64. The Morgan fingerprint density at radius 1 is 1.04 bits per heavy atom. The summed E-state index contributed by atoms with van der Waals surface area (Å²) in [6.45, 7) is 1.79. The average molecular weight is 326 g/mol. The Morgan fingerprint density at radius 3 is 2.29 bits per heavy atom. The van der Waals surface area contributed by atoms with E-state index in [-0.39, 0.29) is 24.3 Å². The van der Waals surface area contributed by atoms with Gasteiger partial charge in [0.15, 0.2) is 0 Å². The van der Waals surface area contributed by atoms with Crippen LogP contribution in [0.4, 0.5) is 11.4 Å². The van der Waals surface area contributed by atoms with Crippen molar-refractivity contribution in [1.29, 1.82) is 0 Å². The topological polar surface area (TPSA) is 80.5 Å². The summed E-state index contributed by atoms with van der Waals surface area (Å²) in [5.41, 5.74) is 0.936. The molecule has 2 aromatic carbocycles. The number of benzene rings is 2. The summed E-state index contributed by atoms with van der Waals surface area (Å²) >= 11 is 0. The second-order valence-electron chi connectivity index (χ2n) is 5.21. The number of hydrogen-bond donors (Lipinski definition) is 0. The second-order valence-corrected chi connectivity index (χ2v) is 5.21. The van der Waals surface area contributed by atoms with Gasteiger partial charge in [0, 0.05) is 19.0 Å². The van der Waals surface area contributed by atoms with Crippen LogP contribution in [0.5, 0.6) is 0 Å². The van der Waals surface area contributed by atoms with Crippen molar-refractivity contribution in [3.05, 3.63) is 70.3 Å². The first-order valence-corrected chi connectivity index (χ1v) is 7.66. The number of ketones is 1. The number of carbonyl (C=O) groups is 2. The highest BCUT2D eigenvalue weighted by molar-refractivity contribution is 6.41. The molecule has 24 heavy (non-hydrogen) atoms. The van der Waals surface area contributed by atoms with Crippen molar-refractivity contribution in [1.82, 2.24) is 0 Å². The Balaban J connectivity index is 2.34. The molecule has 0 saturated carbocycles. The summed E-state index contributed by atoms with van der Waals surface area (Å²) in [6, 6.07) is 15.4. The molecule has 0 heterocycles. The summed E-state index contributed by atoms with van der Waals surface area (Å²) < 4.78 is 0. The van der Waals surface area contributed by atoms with Gasteiger partial charge in [0.05, 0.1) is 4.92 Å². The number of nitro benzene ring substituents is 1. The van der Waals surface area contributed by atoms with E-state index >= 15 is 0 Å². The smallest absolute Gasteiger partial charge is 0.294 e. The Kier molecular flexibility index (Phi) is 5.78. The average Bonchev–Trinajstić information content (AvgIpc) is 2.62. The van der Waals surface area contributed by atoms with Crippen LogP contribution in [0.2, 0.25) is 0 Å². The number of carbonyl (C=O) groups excluding carboxylic acids is 2. The highest BCUT2D eigenvalue weighted by atomic mass is 16.6. The van der Waals surface area contributed by atoms with Crippen LogP contribution in [-0.2, 0) is 16.0 Å². The number of para-hydroxylation sites is 2. The van der Waals surface area contributed by atoms with Crippen LogP contribution >= 0.6 is 0 Å². The van der Waals surface area contributed by atoms with Crippen LogP contribution < -0.4 is 4.90 Å². The molecular weight excluding hydrogens is 308 g/mol. The normalized spacial score (nSPS) is 10.2. The standard InChI is InChI=1S/C18H18N2O4/c1-2-17(21)18(22)19(13-12-14-8-4-3-5-9-14)15-10-6-7-11-16(15)20(23)24/h3-11H,2,12-13H2,1H3. The van der Waals surface area contributed by atoms with Gasteiger partial charge < -0.3 is 0 Å². The number of Topliss-reactive ketones (excluding diaryl/α,β-unsaturated/α-hetero) is 1. The highest BCUT2D eigenvalue weighted by Crippen LogP contribution is 2.28. The molecule has 0 aliphatic carbocycles. The first-order valence-electron chi connectivity index (χ1n) is 7.66. The molecule has 0 aromatic heterocycles. The monoisotopic (exact) mass is 326 g/mol. The van der Waals surface area contributed by atoms with E-state index in [1.165, 1.54) is 23.1 Å². The van der Waals surface area contributed by atoms with E-state index in [2.05, 4.69) is 0 Å². The van der Waals surface area contributed by atoms with Crippen molar-refractivity contribution in [3.8, 4) is 0 Å². The van der Waals surface area contributed by atoms with E-state index in [0.29, 0.717) is 6.42 Å². The lowest BCUT2D eigenvalue weighted by Gasteiger charge is -2.21. The molecule has 0 saturated heterocycles. The zero-order chi connectivity index (χ0) is 17.5. The van der Waals surface area contributed by atoms with Gasteiger partial charge in [-0.2, -0.15) is 0 Å². The van der Waals surface area contributed by atoms with Crippen LogP contribution in [0.25, 0.3) is 0 Å². The van der Waals surface area contributed by atoms with Crippen molar-refractivity contribution >= 4 is 23.1 Å². The summed E-state index contributed by atoms with van der Waals surface area (Å²) in [5.74, 6) is -1.29. The zero-order valence-electron chi connectivity index (χ0n) is 13.3.